The van der Waals surface area contributed by atoms with Crippen molar-refractivity contribution >= 4 is 25.5 Å². The Morgan fingerprint density at radius 2 is 1.95 bits per heavy atom. The highest BCUT2D eigenvalue weighted by Gasteiger charge is 2.32. The molecule has 0 amide bonds. The molecular formula is C12H18N2O4S2. The molecule has 2 rings (SSSR count). The summed E-state index contributed by atoms with van der Waals surface area (Å²) in [4.78, 5) is 0. The number of anilines is 1. The number of sulfone groups is 1. The Balaban J connectivity index is 2.38. The van der Waals surface area contributed by atoms with Crippen molar-refractivity contribution < 1.29 is 16.8 Å². The summed E-state index contributed by atoms with van der Waals surface area (Å²) in [5, 5.41) is -0.867. The first-order valence-corrected chi connectivity index (χ1v) is 9.84. The quantitative estimate of drug-likeness (QED) is 0.866. The van der Waals surface area contributed by atoms with Crippen LogP contribution in [0.15, 0.2) is 18.2 Å². The van der Waals surface area contributed by atoms with Gasteiger partial charge < -0.3 is 5.73 Å². The maximum Gasteiger partial charge on any atom is 0.249 e. The Bertz CT molecular complexity index is 724. The second kappa shape index (κ2) is 5.01. The fourth-order valence-electron chi connectivity index (χ4n) is 2.30. The van der Waals surface area contributed by atoms with E-state index in [0.717, 1.165) is 17.4 Å². The Labute approximate surface area is 119 Å². The summed E-state index contributed by atoms with van der Waals surface area (Å²) < 4.78 is 48.0. The lowest BCUT2D eigenvalue weighted by molar-refractivity contribution is 0.589. The fourth-order valence-corrected chi connectivity index (χ4v) is 5.82. The van der Waals surface area contributed by atoms with Crippen LogP contribution in [0.2, 0.25) is 0 Å². The largest absolute Gasteiger partial charge is 0.324 e. The number of benzene rings is 1. The normalized spacial score (nSPS) is 17.1. The summed E-state index contributed by atoms with van der Waals surface area (Å²) >= 11 is 0. The van der Waals surface area contributed by atoms with E-state index in [9.17, 15) is 16.8 Å². The average Bonchev–Trinajstić information content (AvgIpc) is 2.68. The number of nitrogens with two attached hydrogens (primary N) is 1. The molecule has 1 aromatic carbocycles. The minimum atomic E-state index is -3.85. The van der Waals surface area contributed by atoms with Crippen LogP contribution in [0.3, 0.4) is 0 Å². The number of sulfonamides is 1. The Kier molecular flexibility index (Phi) is 3.83. The molecule has 0 radical (unpaired) electrons. The van der Waals surface area contributed by atoms with Crippen molar-refractivity contribution in [2.24, 2.45) is 5.73 Å². The molecule has 112 valence electrons. The zero-order chi connectivity index (χ0) is 15.1. The minimum Gasteiger partial charge on any atom is -0.324 e. The first kappa shape index (κ1) is 15.3. The van der Waals surface area contributed by atoms with Gasteiger partial charge in [0.2, 0.25) is 10.0 Å². The van der Waals surface area contributed by atoms with Crippen molar-refractivity contribution in [2.45, 2.75) is 19.4 Å². The topological polar surface area (TPSA) is 97.5 Å². The first-order valence-electron chi connectivity index (χ1n) is 6.17. The molecule has 8 heteroatoms. The highest BCUT2D eigenvalue weighted by Crippen LogP contribution is 2.32. The number of rotatable bonds is 4. The highest BCUT2D eigenvalue weighted by molar-refractivity contribution is 8.08. The van der Waals surface area contributed by atoms with Gasteiger partial charge in [-0.3, -0.25) is 4.31 Å². The van der Waals surface area contributed by atoms with E-state index in [2.05, 4.69) is 0 Å². The third-order valence-corrected chi connectivity index (χ3v) is 7.14. The van der Waals surface area contributed by atoms with Gasteiger partial charge in [0.15, 0.2) is 14.9 Å². The van der Waals surface area contributed by atoms with E-state index in [1.807, 2.05) is 13.0 Å². The number of hydrogen-bond acceptors (Lipinski definition) is 5. The van der Waals surface area contributed by atoms with E-state index >= 15 is 0 Å². The summed E-state index contributed by atoms with van der Waals surface area (Å²) in [5.74, 6) is 0. The van der Waals surface area contributed by atoms with Crippen LogP contribution in [0, 0.1) is 0 Å². The van der Waals surface area contributed by atoms with Crippen LogP contribution in [0.1, 0.15) is 24.1 Å². The zero-order valence-corrected chi connectivity index (χ0v) is 13.0. The molecule has 1 aliphatic heterocycles. The van der Waals surface area contributed by atoms with Crippen LogP contribution < -0.4 is 10.0 Å². The average molecular weight is 318 g/mol. The van der Waals surface area contributed by atoms with Gasteiger partial charge >= 0.3 is 0 Å². The van der Waals surface area contributed by atoms with Crippen LogP contribution in [0.4, 0.5) is 5.69 Å². The molecule has 1 heterocycles. The number of hydrogen-bond donors (Lipinski definition) is 1. The maximum atomic E-state index is 12.2. The Hall–Kier alpha value is -1.12. The third-order valence-electron chi connectivity index (χ3n) is 3.18. The van der Waals surface area contributed by atoms with Crippen molar-refractivity contribution in [1.82, 2.24) is 0 Å². The summed E-state index contributed by atoms with van der Waals surface area (Å²) in [6.45, 7) is 2.13. The maximum absolute atomic E-state index is 12.2. The van der Waals surface area contributed by atoms with Crippen molar-refractivity contribution in [3.05, 3.63) is 29.3 Å². The minimum absolute atomic E-state index is 0.123. The van der Waals surface area contributed by atoms with Gasteiger partial charge in [0, 0.05) is 18.8 Å². The van der Waals surface area contributed by atoms with Gasteiger partial charge in [-0.25, -0.2) is 16.8 Å². The molecule has 1 atom stereocenters. The van der Waals surface area contributed by atoms with Crippen LogP contribution in [-0.2, 0) is 26.3 Å². The van der Waals surface area contributed by atoms with Crippen LogP contribution >= 0.6 is 0 Å². The fraction of sp³-hybridized carbons (Fsp3) is 0.500. The van der Waals surface area contributed by atoms with Gasteiger partial charge in [-0.1, -0.05) is 12.1 Å². The summed E-state index contributed by atoms with van der Waals surface area (Å²) in [7, 11) is -7.44. The number of nitrogens with zero attached hydrogens (tertiary/aromatic N) is 1. The van der Waals surface area contributed by atoms with Gasteiger partial charge in [0.05, 0.1) is 5.69 Å². The second-order valence-corrected chi connectivity index (χ2v) is 9.55. The molecule has 6 nitrogen and oxygen atoms in total. The molecule has 2 N–H and O–H groups in total. The predicted octanol–water partition coefficient (Wildman–Crippen LogP) is 0.401. The monoisotopic (exact) mass is 318 g/mol. The molecule has 1 aromatic rings. The van der Waals surface area contributed by atoms with Gasteiger partial charge in [0.1, 0.15) is 0 Å². The van der Waals surface area contributed by atoms with Crippen molar-refractivity contribution in [2.75, 3.05) is 22.2 Å². The van der Waals surface area contributed by atoms with Crippen molar-refractivity contribution in [1.29, 1.82) is 0 Å². The van der Waals surface area contributed by atoms with E-state index in [1.54, 1.807) is 12.1 Å². The predicted molar refractivity (Wildman–Crippen MR) is 78.7 cm³/mol. The van der Waals surface area contributed by atoms with Crippen molar-refractivity contribution in [3.63, 3.8) is 0 Å². The zero-order valence-electron chi connectivity index (χ0n) is 11.4. The van der Waals surface area contributed by atoms with Crippen molar-refractivity contribution in [3.8, 4) is 0 Å². The molecule has 0 saturated carbocycles. The van der Waals surface area contributed by atoms with Crippen LogP contribution in [0.25, 0.3) is 0 Å². The van der Waals surface area contributed by atoms with Gasteiger partial charge in [-0.05, 0) is 30.5 Å². The molecule has 20 heavy (non-hydrogen) atoms. The van der Waals surface area contributed by atoms with E-state index in [1.165, 1.54) is 4.31 Å². The highest BCUT2D eigenvalue weighted by atomic mass is 32.3. The lowest BCUT2D eigenvalue weighted by Crippen LogP contribution is -2.33. The lowest BCUT2D eigenvalue weighted by atomic mass is 10.0. The molecular weight excluding hydrogens is 300 g/mol. The third kappa shape index (κ3) is 3.13. The lowest BCUT2D eigenvalue weighted by Gasteiger charge is -2.19. The molecule has 0 aromatic heterocycles. The second-order valence-electron chi connectivity index (χ2n) is 5.15. The van der Waals surface area contributed by atoms with E-state index in [4.69, 9.17) is 5.73 Å². The first-order chi connectivity index (χ1) is 9.10. The van der Waals surface area contributed by atoms with E-state index in [0.29, 0.717) is 12.1 Å². The van der Waals surface area contributed by atoms with Gasteiger partial charge in [0.25, 0.3) is 0 Å². The van der Waals surface area contributed by atoms with E-state index < -0.39 is 24.9 Å². The number of fused-ring (bicyclic) bond motifs is 1. The van der Waals surface area contributed by atoms with Crippen LogP contribution in [-0.4, -0.2) is 34.7 Å². The Morgan fingerprint density at radius 3 is 2.50 bits per heavy atom. The molecule has 1 unspecified atom stereocenters. The Morgan fingerprint density at radius 1 is 1.30 bits per heavy atom. The molecule has 0 aliphatic carbocycles. The standard InChI is InChI=1S/C12H18N2O4S2/c1-9(13)10-3-4-12-11(7-10)5-6-14(12)20(17,18)8-19(2,15)16/h3-4,7,9H,5-6,8,13H2,1-2H3. The molecule has 0 saturated heterocycles. The van der Waals surface area contributed by atoms with Gasteiger partial charge in [-0.2, -0.15) is 0 Å². The molecule has 0 fully saturated rings. The smallest absolute Gasteiger partial charge is 0.249 e. The molecule has 0 spiro atoms. The van der Waals surface area contributed by atoms with Crippen LogP contribution in [0.5, 0.6) is 0 Å². The summed E-state index contributed by atoms with van der Waals surface area (Å²) in [6.07, 6.45) is 1.49. The molecule has 0 bridgehead atoms. The van der Waals surface area contributed by atoms with Gasteiger partial charge in [-0.15, -0.1) is 0 Å². The van der Waals surface area contributed by atoms with E-state index in [-0.39, 0.29) is 12.6 Å². The molecule has 1 aliphatic rings. The SMILES string of the molecule is CC(N)c1ccc2c(c1)CCN2S(=O)(=O)CS(C)(=O)=O. The summed E-state index contributed by atoms with van der Waals surface area (Å²) in [5.41, 5.74) is 8.18. The summed E-state index contributed by atoms with van der Waals surface area (Å²) in [6, 6.07) is 5.23.